The van der Waals surface area contributed by atoms with Crippen LogP contribution in [0.15, 0.2) is 54.6 Å². The van der Waals surface area contributed by atoms with Gasteiger partial charge in [0.25, 0.3) is 0 Å². The van der Waals surface area contributed by atoms with Gasteiger partial charge in [0.2, 0.25) is 0 Å². The average Bonchev–Trinajstić information content (AvgIpc) is 2.48. The zero-order chi connectivity index (χ0) is 15.3. The molecule has 0 amide bonds. The Kier molecular flexibility index (Phi) is 4.94. The van der Waals surface area contributed by atoms with Crippen LogP contribution in [0.1, 0.15) is 24.2 Å². The van der Waals surface area contributed by atoms with E-state index in [0.29, 0.717) is 17.5 Å². The Bertz CT molecular complexity index is 653. The van der Waals surface area contributed by atoms with Crippen molar-refractivity contribution in [2.45, 2.75) is 13.8 Å². The fourth-order valence-electron chi connectivity index (χ4n) is 1.93. The van der Waals surface area contributed by atoms with Gasteiger partial charge in [-0.05, 0) is 38.1 Å². The van der Waals surface area contributed by atoms with Crippen LogP contribution in [0.4, 0.5) is 5.69 Å². The molecule has 0 saturated carbocycles. The molecule has 0 aromatic heterocycles. The summed E-state index contributed by atoms with van der Waals surface area (Å²) in [6, 6.07) is 15.9. The molecule has 0 aliphatic rings. The van der Waals surface area contributed by atoms with E-state index in [9.17, 15) is 9.36 Å². The van der Waals surface area contributed by atoms with E-state index in [1.54, 1.807) is 31.2 Å². The zero-order valence-corrected chi connectivity index (χ0v) is 13.0. The summed E-state index contributed by atoms with van der Waals surface area (Å²) in [6.45, 7) is 3.62. The van der Waals surface area contributed by atoms with Gasteiger partial charge >= 0.3 is 7.52 Å². The summed E-state index contributed by atoms with van der Waals surface area (Å²) < 4.78 is 18.5. The number of nitrogens with one attached hydrogen (secondary N) is 1. The van der Waals surface area contributed by atoms with E-state index >= 15 is 0 Å². The molecular weight excluding hydrogens is 285 g/mol. The molecule has 0 heterocycles. The molecule has 2 aromatic rings. The monoisotopic (exact) mass is 303 g/mol. The first-order valence-corrected chi connectivity index (χ1v) is 8.37. The van der Waals surface area contributed by atoms with Crippen LogP contribution in [0.5, 0.6) is 0 Å². The molecule has 0 aliphatic heterocycles. The van der Waals surface area contributed by atoms with Crippen LogP contribution in [0.25, 0.3) is 0 Å². The van der Waals surface area contributed by atoms with Crippen molar-refractivity contribution in [3.05, 3.63) is 60.2 Å². The van der Waals surface area contributed by atoms with E-state index in [0.717, 1.165) is 5.69 Å². The summed E-state index contributed by atoms with van der Waals surface area (Å²) in [6.07, 6.45) is 0. The van der Waals surface area contributed by atoms with Gasteiger partial charge in [0.15, 0.2) is 5.78 Å². The van der Waals surface area contributed by atoms with E-state index in [2.05, 4.69) is 5.09 Å². The third kappa shape index (κ3) is 3.81. The molecule has 1 N–H and O–H groups in total. The van der Waals surface area contributed by atoms with E-state index in [4.69, 9.17) is 4.52 Å². The van der Waals surface area contributed by atoms with E-state index < -0.39 is 7.52 Å². The first-order chi connectivity index (χ1) is 10.0. The Morgan fingerprint density at radius 3 is 2.24 bits per heavy atom. The second kappa shape index (κ2) is 6.70. The number of benzene rings is 2. The van der Waals surface area contributed by atoms with E-state index in [1.165, 1.54) is 6.92 Å². The van der Waals surface area contributed by atoms with Crippen molar-refractivity contribution in [1.82, 2.24) is 0 Å². The molecule has 110 valence electrons. The Balaban J connectivity index is 2.33. The van der Waals surface area contributed by atoms with Gasteiger partial charge in [-0.1, -0.05) is 30.3 Å². The van der Waals surface area contributed by atoms with Crippen LogP contribution in [0, 0.1) is 0 Å². The molecule has 21 heavy (non-hydrogen) atoms. The minimum Gasteiger partial charge on any atom is -0.312 e. The number of ketones is 1. The number of hydrogen-bond donors (Lipinski definition) is 1. The van der Waals surface area contributed by atoms with Gasteiger partial charge in [0.05, 0.1) is 11.9 Å². The maximum Gasteiger partial charge on any atom is 0.323 e. The fourth-order valence-corrected chi connectivity index (χ4v) is 3.67. The number of carbonyl (C=O) groups excluding carboxylic acids is 1. The van der Waals surface area contributed by atoms with Crippen molar-refractivity contribution in [3.63, 3.8) is 0 Å². The lowest BCUT2D eigenvalue weighted by molar-refractivity contribution is 0.101. The first-order valence-electron chi connectivity index (χ1n) is 6.74. The smallest absolute Gasteiger partial charge is 0.312 e. The van der Waals surface area contributed by atoms with Gasteiger partial charge in [0, 0.05) is 11.3 Å². The van der Waals surface area contributed by atoms with E-state index in [-0.39, 0.29) is 5.78 Å². The Morgan fingerprint density at radius 1 is 1.10 bits per heavy atom. The molecule has 1 atom stereocenters. The van der Waals surface area contributed by atoms with E-state index in [1.807, 2.05) is 30.3 Å². The van der Waals surface area contributed by atoms with Crippen LogP contribution >= 0.6 is 7.52 Å². The Hall–Kier alpha value is -1.90. The maximum absolute atomic E-state index is 13.0. The molecule has 1 unspecified atom stereocenters. The second-order valence-electron chi connectivity index (χ2n) is 4.55. The lowest BCUT2D eigenvalue weighted by Gasteiger charge is -2.20. The molecule has 0 spiro atoms. The number of para-hydroxylation sites is 1. The van der Waals surface area contributed by atoms with Crippen molar-refractivity contribution in [3.8, 4) is 0 Å². The van der Waals surface area contributed by atoms with Crippen molar-refractivity contribution >= 4 is 24.3 Å². The largest absolute Gasteiger partial charge is 0.323 e. The quantitative estimate of drug-likeness (QED) is 0.650. The molecule has 0 radical (unpaired) electrons. The highest BCUT2D eigenvalue weighted by Crippen LogP contribution is 2.45. The van der Waals surface area contributed by atoms with Gasteiger partial charge in [-0.2, -0.15) is 0 Å². The van der Waals surface area contributed by atoms with Crippen LogP contribution in [0.2, 0.25) is 0 Å². The molecule has 5 heteroatoms. The minimum absolute atomic E-state index is 0.0242. The van der Waals surface area contributed by atoms with Gasteiger partial charge in [-0.3, -0.25) is 9.36 Å². The van der Waals surface area contributed by atoms with Crippen molar-refractivity contribution in [2.24, 2.45) is 0 Å². The normalized spacial score (nSPS) is 13.4. The van der Waals surface area contributed by atoms with Crippen LogP contribution in [-0.4, -0.2) is 12.4 Å². The van der Waals surface area contributed by atoms with Gasteiger partial charge in [-0.25, -0.2) is 0 Å². The Morgan fingerprint density at radius 2 is 1.71 bits per heavy atom. The number of carbonyl (C=O) groups is 1. The summed E-state index contributed by atoms with van der Waals surface area (Å²) in [5, 5.41) is 3.51. The van der Waals surface area contributed by atoms with Crippen molar-refractivity contribution in [2.75, 3.05) is 11.7 Å². The Labute approximate surface area is 124 Å². The highest BCUT2D eigenvalue weighted by atomic mass is 31.2. The predicted octanol–water partition coefficient (Wildman–Crippen LogP) is 3.86. The molecular formula is C16H18NO3P. The SMILES string of the molecule is CCOP(=O)(Nc1ccccc1)c1ccc(C(C)=O)cc1. The molecule has 2 rings (SSSR count). The summed E-state index contributed by atoms with van der Waals surface area (Å²) in [5.74, 6) is -0.0242. The average molecular weight is 303 g/mol. The topological polar surface area (TPSA) is 55.4 Å². The highest BCUT2D eigenvalue weighted by Gasteiger charge is 2.25. The summed E-state index contributed by atoms with van der Waals surface area (Å²) in [4.78, 5) is 11.3. The molecule has 0 bridgehead atoms. The number of rotatable bonds is 6. The summed E-state index contributed by atoms with van der Waals surface area (Å²) in [7, 11) is -3.20. The third-order valence-electron chi connectivity index (χ3n) is 2.97. The molecule has 2 aromatic carbocycles. The number of Topliss-reactive ketones (excluding diaryl/α,β-unsaturated/α-hetero) is 1. The lowest BCUT2D eigenvalue weighted by atomic mass is 10.2. The van der Waals surface area contributed by atoms with Crippen LogP contribution < -0.4 is 10.4 Å². The second-order valence-corrected chi connectivity index (χ2v) is 6.65. The lowest BCUT2D eigenvalue weighted by Crippen LogP contribution is -2.14. The number of anilines is 1. The third-order valence-corrected chi connectivity index (χ3v) is 5.13. The van der Waals surface area contributed by atoms with Crippen LogP contribution in [-0.2, 0) is 9.09 Å². The van der Waals surface area contributed by atoms with Gasteiger partial charge in [0.1, 0.15) is 0 Å². The summed E-state index contributed by atoms with van der Waals surface area (Å²) in [5.41, 5.74) is 1.31. The molecule has 0 saturated heterocycles. The van der Waals surface area contributed by atoms with Gasteiger partial charge in [-0.15, -0.1) is 0 Å². The number of hydrogen-bond acceptors (Lipinski definition) is 3. The van der Waals surface area contributed by atoms with Crippen molar-refractivity contribution < 1.29 is 13.9 Å². The van der Waals surface area contributed by atoms with Crippen LogP contribution in [0.3, 0.4) is 0 Å². The van der Waals surface area contributed by atoms with Gasteiger partial charge < -0.3 is 9.61 Å². The molecule has 0 fully saturated rings. The highest BCUT2D eigenvalue weighted by molar-refractivity contribution is 7.68. The first kappa shape index (κ1) is 15.5. The van der Waals surface area contributed by atoms with Crippen molar-refractivity contribution in [1.29, 1.82) is 0 Å². The fraction of sp³-hybridized carbons (Fsp3) is 0.188. The standard InChI is InChI=1S/C16H18NO3P/c1-3-20-21(19,17-15-7-5-4-6-8-15)16-11-9-14(10-12-16)13(2)18/h4-12H,3H2,1-2H3,(H,17,19). The zero-order valence-electron chi connectivity index (χ0n) is 12.1. The summed E-state index contributed by atoms with van der Waals surface area (Å²) >= 11 is 0. The molecule has 0 aliphatic carbocycles. The molecule has 4 nitrogen and oxygen atoms in total. The maximum atomic E-state index is 13.0. The minimum atomic E-state index is -3.20. The predicted molar refractivity (Wildman–Crippen MR) is 85.4 cm³/mol.